The Morgan fingerprint density at radius 3 is 2.45 bits per heavy atom. The van der Waals surface area contributed by atoms with Crippen LogP contribution in [-0.2, 0) is 6.54 Å². The molecule has 0 saturated carbocycles. The highest BCUT2D eigenvalue weighted by molar-refractivity contribution is 6.04. The van der Waals surface area contributed by atoms with E-state index in [9.17, 15) is 4.79 Å². The number of rotatable bonds is 7. The van der Waals surface area contributed by atoms with Gasteiger partial charge in [-0.2, -0.15) is 0 Å². The van der Waals surface area contributed by atoms with Gasteiger partial charge < -0.3 is 19.6 Å². The summed E-state index contributed by atoms with van der Waals surface area (Å²) >= 11 is 0. The Bertz CT molecular complexity index is 1120. The number of carbonyl (C=O) groups is 1. The molecule has 2 amide bonds. The van der Waals surface area contributed by atoms with E-state index < -0.39 is 0 Å². The highest BCUT2D eigenvalue weighted by Gasteiger charge is 2.18. The average molecular weight is 444 g/mol. The first-order valence-corrected chi connectivity index (χ1v) is 11.2. The van der Waals surface area contributed by atoms with E-state index >= 15 is 0 Å². The molecule has 2 radical (unpaired) electrons. The lowest BCUT2D eigenvalue weighted by Crippen LogP contribution is -2.34. The zero-order chi connectivity index (χ0) is 24.3. The van der Waals surface area contributed by atoms with Gasteiger partial charge in [0.25, 0.3) is 0 Å². The molecule has 3 aromatic rings. The number of nitrogens with zero attached hydrogens (tertiary/aromatic N) is 3. The van der Waals surface area contributed by atoms with Crippen molar-refractivity contribution in [3.8, 4) is 11.1 Å². The Labute approximate surface area is 198 Å². The molecule has 0 aliphatic carbocycles. The highest BCUT2D eigenvalue weighted by atomic mass is 16.5. The molecule has 0 spiro atoms. The number of likely N-dealkylation sites (N-methyl/N-ethyl adjacent to an activating group) is 1. The fourth-order valence-corrected chi connectivity index (χ4v) is 4.37. The monoisotopic (exact) mass is 444 g/mol. The van der Waals surface area contributed by atoms with E-state index in [1.165, 1.54) is 16.7 Å². The molecule has 0 aliphatic heterocycles. The summed E-state index contributed by atoms with van der Waals surface area (Å²) in [7, 11) is 9.58. The number of nitrogens with one attached hydrogen (secondary N) is 1. The number of carbonyl (C=O) groups excluding carboxylic acids is 1. The lowest BCUT2D eigenvalue weighted by molar-refractivity contribution is 0.220. The van der Waals surface area contributed by atoms with Gasteiger partial charge in [-0.25, -0.2) is 4.79 Å². The van der Waals surface area contributed by atoms with Gasteiger partial charge in [0.15, 0.2) is 7.98 Å². The highest BCUT2D eigenvalue weighted by Crippen LogP contribution is 2.32. The minimum Gasteiger partial charge on any atom is -0.361 e. The van der Waals surface area contributed by atoms with Crippen LogP contribution in [0.5, 0.6) is 0 Å². The molecule has 0 unspecified atom stereocenters. The number of hydrogen-bond donors (Lipinski definition) is 1. The first kappa shape index (κ1) is 24.6. The maximum absolute atomic E-state index is 12.9. The van der Waals surface area contributed by atoms with Crippen LogP contribution in [0.3, 0.4) is 0 Å². The Kier molecular flexibility index (Phi) is 7.64. The molecule has 0 bridgehead atoms. The van der Waals surface area contributed by atoms with Crippen molar-refractivity contribution in [1.82, 2.24) is 14.9 Å². The van der Waals surface area contributed by atoms with E-state index in [-0.39, 0.29) is 11.9 Å². The summed E-state index contributed by atoms with van der Waals surface area (Å²) in [6.07, 6.45) is 0. The van der Waals surface area contributed by atoms with Crippen molar-refractivity contribution < 1.29 is 9.32 Å². The van der Waals surface area contributed by atoms with Gasteiger partial charge in [-0.15, -0.1) is 0 Å². The SMILES string of the molecule is [B]N(C)Cc1cc(NC(=O)N(C)C[C@H](C)c2ccc(C)cc2C)ccc1-c1c(C)noc1C. The Morgan fingerprint density at radius 2 is 1.85 bits per heavy atom. The molecule has 172 valence electrons. The number of benzene rings is 2. The van der Waals surface area contributed by atoms with Crippen molar-refractivity contribution in [3.63, 3.8) is 0 Å². The van der Waals surface area contributed by atoms with Crippen LogP contribution in [0, 0.1) is 27.7 Å². The van der Waals surface area contributed by atoms with Crippen LogP contribution in [-0.4, -0.2) is 49.5 Å². The number of urea groups is 1. The van der Waals surface area contributed by atoms with Crippen LogP contribution < -0.4 is 5.32 Å². The second kappa shape index (κ2) is 10.3. The van der Waals surface area contributed by atoms with Crippen LogP contribution >= 0.6 is 0 Å². The van der Waals surface area contributed by atoms with E-state index in [2.05, 4.69) is 49.4 Å². The summed E-state index contributed by atoms with van der Waals surface area (Å²) in [5.74, 6) is 0.982. The van der Waals surface area contributed by atoms with Gasteiger partial charge in [-0.3, -0.25) is 0 Å². The summed E-state index contributed by atoms with van der Waals surface area (Å²) in [6, 6.07) is 12.2. The summed E-state index contributed by atoms with van der Waals surface area (Å²) in [4.78, 5) is 16.3. The summed E-state index contributed by atoms with van der Waals surface area (Å²) in [6.45, 7) is 11.3. The first-order valence-electron chi connectivity index (χ1n) is 11.2. The maximum Gasteiger partial charge on any atom is 0.321 e. The van der Waals surface area contributed by atoms with Crippen molar-refractivity contribution in [2.24, 2.45) is 0 Å². The fourth-order valence-electron chi connectivity index (χ4n) is 4.37. The molecule has 1 heterocycles. The van der Waals surface area contributed by atoms with Gasteiger partial charge >= 0.3 is 6.03 Å². The number of hydrogen-bond acceptors (Lipinski definition) is 4. The molecule has 2 aromatic carbocycles. The fraction of sp³-hybridized carbons (Fsp3) is 0.385. The third kappa shape index (κ3) is 5.85. The van der Waals surface area contributed by atoms with E-state index in [0.29, 0.717) is 13.1 Å². The molecule has 33 heavy (non-hydrogen) atoms. The standard InChI is InChI=1S/C26H33BN4O2/c1-16-8-10-23(17(2)12-16)18(3)14-30(6)26(32)28-22-9-11-24(21(13-22)15-31(7)27)25-19(4)29-33-20(25)5/h8-13,18H,14-15H2,1-7H3,(H,28,32)/t18-/m0/s1. The van der Waals surface area contributed by atoms with E-state index in [4.69, 9.17) is 12.5 Å². The molecule has 7 heteroatoms. The molecule has 1 atom stereocenters. The molecular formula is C26H33BN4O2. The van der Waals surface area contributed by atoms with Gasteiger partial charge in [0.05, 0.1) is 5.69 Å². The van der Waals surface area contributed by atoms with Crippen LogP contribution in [0.1, 0.15) is 46.5 Å². The second-order valence-electron chi connectivity index (χ2n) is 9.06. The first-order chi connectivity index (χ1) is 15.6. The minimum atomic E-state index is -0.149. The van der Waals surface area contributed by atoms with Crippen molar-refractivity contribution >= 4 is 19.7 Å². The zero-order valence-corrected chi connectivity index (χ0v) is 20.7. The second-order valence-corrected chi connectivity index (χ2v) is 9.06. The molecule has 0 fully saturated rings. The van der Waals surface area contributed by atoms with Gasteiger partial charge in [-0.1, -0.05) is 41.9 Å². The summed E-state index contributed by atoms with van der Waals surface area (Å²) in [5.41, 5.74) is 8.25. The predicted octanol–water partition coefficient (Wildman–Crippen LogP) is 5.36. The van der Waals surface area contributed by atoms with Crippen LogP contribution in [0.4, 0.5) is 10.5 Å². The smallest absolute Gasteiger partial charge is 0.321 e. The molecule has 3 rings (SSSR count). The van der Waals surface area contributed by atoms with Gasteiger partial charge in [0.2, 0.25) is 0 Å². The molecule has 1 aromatic heterocycles. The summed E-state index contributed by atoms with van der Waals surface area (Å²) < 4.78 is 5.35. The molecule has 0 aliphatic rings. The van der Waals surface area contributed by atoms with Crippen LogP contribution in [0.2, 0.25) is 0 Å². The summed E-state index contributed by atoms with van der Waals surface area (Å²) in [5, 5.41) is 7.10. The normalized spacial score (nSPS) is 12.1. The lowest BCUT2D eigenvalue weighted by Gasteiger charge is -2.24. The topological polar surface area (TPSA) is 61.6 Å². The third-order valence-electron chi connectivity index (χ3n) is 5.93. The zero-order valence-electron chi connectivity index (χ0n) is 20.7. The third-order valence-corrected chi connectivity index (χ3v) is 5.93. The molecule has 0 saturated heterocycles. The minimum absolute atomic E-state index is 0.149. The van der Waals surface area contributed by atoms with Crippen molar-refractivity contribution in [3.05, 3.63) is 70.1 Å². The predicted molar refractivity (Wildman–Crippen MR) is 135 cm³/mol. The van der Waals surface area contributed by atoms with E-state index in [1.807, 2.05) is 46.1 Å². The number of aryl methyl sites for hydroxylation is 4. The van der Waals surface area contributed by atoms with E-state index in [0.717, 1.165) is 33.8 Å². The largest absolute Gasteiger partial charge is 0.361 e. The Balaban J connectivity index is 1.77. The van der Waals surface area contributed by atoms with Crippen molar-refractivity contribution in [2.75, 3.05) is 26.0 Å². The van der Waals surface area contributed by atoms with Crippen LogP contribution in [0.15, 0.2) is 40.9 Å². The van der Waals surface area contributed by atoms with Crippen LogP contribution in [0.25, 0.3) is 11.1 Å². The number of anilines is 1. The maximum atomic E-state index is 12.9. The van der Waals surface area contributed by atoms with Gasteiger partial charge in [0.1, 0.15) is 5.76 Å². The Morgan fingerprint density at radius 1 is 1.12 bits per heavy atom. The van der Waals surface area contributed by atoms with Crippen molar-refractivity contribution in [1.29, 1.82) is 0 Å². The average Bonchev–Trinajstić information content (AvgIpc) is 3.05. The lowest BCUT2D eigenvalue weighted by atomic mass is 9.94. The number of aromatic nitrogens is 1. The van der Waals surface area contributed by atoms with Gasteiger partial charge in [0, 0.05) is 31.4 Å². The molecule has 6 nitrogen and oxygen atoms in total. The van der Waals surface area contributed by atoms with Crippen molar-refractivity contribution in [2.45, 2.75) is 47.1 Å². The van der Waals surface area contributed by atoms with Gasteiger partial charge in [-0.05, 0) is 75.0 Å². The Hall–Kier alpha value is -3.06. The number of amides is 2. The quantitative estimate of drug-likeness (QED) is 0.499. The molecule has 1 N–H and O–H groups in total. The van der Waals surface area contributed by atoms with E-state index in [1.54, 1.807) is 9.71 Å². The molecular weight excluding hydrogens is 411 g/mol.